The Morgan fingerprint density at radius 1 is 1.24 bits per heavy atom. The van der Waals surface area contributed by atoms with E-state index < -0.39 is 0 Å². The molecule has 21 heavy (non-hydrogen) atoms. The van der Waals surface area contributed by atoms with Crippen molar-refractivity contribution in [3.63, 3.8) is 0 Å². The maximum absolute atomic E-state index is 5.77. The van der Waals surface area contributed by atoms with Crippen LogP contribution in [0.1, 0.15) is 22.7 Å². The molecule has 2 rings (SSSR count). The number of nitrogens with one attached hydrogen (secondary N) is 1. The Balaban J connectivity index is 2.33. The lowest BCUT2D eigenvalue weighted by Crippen LogP contribution is -2.30. The van der Waals surface area contributed by atoms with E-state index in [4.69, 9.17) is 10.6 Å². The van der Waals surface area contributed by atoms with Gasteiger partial charge in [0, 0.05) is 8.95 Å². The maximum atomic E-state index is 5.77. The Hall–Kier alpha value is -0.880. The summed E-state index contributed by atoms with van der Waals surface area (Å²) in [5.74, 6) is 6.61. The average molecular weight is 414 g/mol. The smallest absolute Gasteiger partial charge is 0.119 e. The summed E-state index contributed by atoms with van der Waals surface area (Å²) in [7, 11) is 1.67. The van der Waals surface area contributed by atoms with Gasteiger partial charge < -0.3 is 4.74 Å². The van der Waals surface area contributed by atoms with Gasteiger partial charge in [0.2, 0.25) is 0 Å². The lowest BCUT2D eigenvalue weighted by atomic mass is 9.98. The standard InChI is InChI=1S/C16H18Br2N2O/c1-10-4-3-5-13(16(10)18)15(20-19)9-11-8-12(21-2)6-7-14(11)17/h3-8,15,20H,9,19H2,1-2H3. The van der Waals surface area contributed by atoms with Gasteiger partial charge in [0.1, 0.15) is 5.75 Å². The van der Waals surface area contributed by atoms with E-state index >= 15 is 0 Å². The van der Waals surface area contributed by atoms with Crippen LogP contribution in [0.3, 0.4) is 0 Å². The van der Waals surface area contributed by atoms with Crippen LogP contribution in [-0.2, 0) is 6.42 Å². The molecule has 0 bridgehead atoms. The second kappa shape index (κ2) is 7.40. The second-order valence-corrected chi connectivity index (χ2v) is 6.51. The van der Waals surface area contributed by atoms with Gasteiger partial charge in [-0.3, -0.25) is 11.3 Å². The molecule has 0 aliphatic rings. The highest BCUT2D eigenvalue weighted by molar-refractivity contribution is 9.10. The van der Waals surface area contributed by atoms with Crippen molar-refractivity contribution >= 4 is 31.9 Å². The van der Waals surface area contributed by atoms with Crippen molar-refractivity contribution in [3.05, 3.63) is 62.0 Å². The molecule has 0 radical (unpaired) electrons. The first kappa shape index (κ1) is 16.5. The maximum Gasteiger partial charge on any atom is 0.119 e. The predicted octanol–water partition coefficient (Wildman–Crippen LogP) is 4.28. The van der Waals surface area contributed by atoms with Gasteiger partial charge in [0.15, 0.2) is 0 Å². The van der Waals surface area contributed by atoms with Crippen LogP contribution >= 0.6 is 31.9 Å². The number of halogens is 2. The summed E-state index contributed by atoms with van der Waals surface area (Å²) >= 11 is 7.24. The molecule has 112 valence electrons. The van der Waals surface area contributed by atoms with Gasteiger partial charge in [-0.05, 0) is 48.2 Å². The molecule has 3 N–H and O–H groups in total. The molecule has 3 nitrogen and oxygen atoms in total. The first-order chi connectivity index (χ1) is 10.1. The van der Waals surface area contributed by atoms with E-state index in [1.165, 1.54) is 5.56 Å². The highest BCUT2D eigenvalue weighted by Gasteiger charge is 2.16. The van der Waals surface area contributed by atoms with Gasteiger partial charge in [0.25, 0.3) is 0 Å². The summed E-state index contributed by atoms with van der Waals surface area (Å²) < 4.78 is 7.43. The number of hydrogen-bond donors (Lipinski definition) is 2. The molecule has 0 aliphatic heterocycles. The molecule has 0 saturated heterocycles. The van der Waals surface area contributed by atoms with Crippen molar-refractivity contribution < 1.29 is 4.74 Å². The van der Waals surface area contributed by atoms with E-state index in [9.17, 15) is 0 Å². The van der Waals surface area contributed by atoms with E-state index in [-0.39, 0.29) is 6.04 Å². The van der Waals surface area contributed by atoms with E-state index in [0.717, 1.165) is 32.2 Å². The van der Waals surface area contributed by atoms with Crippen molar-refractivity contribution in [2.75, 3.05) is 7.11 Å². The number of nitrogens with two attached hydrogens (primary N) is 1. The van der Waals surface area contributed by atoms with Crippen molar-refractivity contribution in [2.24, 2.45) is 5.84 Å². The van der Waals surface area contributed by atoms with Crippen molar-refractivity contribution in [1.29, 1.82) is 0 Å². The average Bonchev–Trinajstić information content (AvgIpc) is 2.49. The van der Waals surface area contributed by atoms with E-state index in [0.29, 0.717) is 0 Å². The molecule has 0 aliphatic carbocycles. The van der Waals surface area contributed by atoms with Crippen molar-refractivity contribution in [2.45, 2.75) is 19.4 Å². The van der Waals surface area contributed by atoms with Crippen LogP contribution in [-0.4, -0.2) is 7.11 Å². The molecule has 0 saturated carbocycles. The SMILES string of the molecule is COc1ccc(Br)c(CC(NN)c2cccc(C)c2Br)c1. The van der Waals surface area contributed by atoms with Crippen molar-refractivity contribution in [1.82, 2.24) is 5.43 Å². The summed E-state index contributed by atoms with van der Waals surface area (Å²) in [6.07, 6.45) is 0.760. The molecule has 0 amide bonds. The third-order valence-corrected chi connectivity index (χ3v) is 5.33. The Morgan fingerprint density at radius 3 is 2.67 bits per heavy atom. The number of benzene rings is 2. The van der Waals surface area contributed by atoms with E-state index in [2.05, 4.69) is 56.3 Å². The van der Waals surface area contributed by atoms with Crippen LogP contribution in [0.15, 0.2) is 45.3 Å². The lowest BCUT2D eigenvalue weighted by molar-refractivity contribution is 0.413. The minimum atomic E-state index is 0.0164. The molecular formula is C16H18Br2N2O. The largest absolute Gasteiger partial charge is 0.497 e. The van der Waals surface area contributed by atoms with E-state index in [1.807, 2.05) is 24.3 Å². The van der Waals surface area contributed by atoms with Crippen molar-refractivity contribution in [3.8, 4) is 5.75 Å². The number of ether oxygens (including phenoxy) is 1. The monoisotopic (exact) mass is 412 g/mol. The predicted molar refractivity (Wildman–Crippen MR) is 93.3 cm³/mol. The minimum absolute atomic E-state index is 0.0164. The number of rotatable bonds is 5. The zero-order chi connectivity index (χ0) is 15.4. The van der Waals surface area contributed by atoms with Gasteiger partial charge in [-0.1, -0.05) is 50.1 Å². The summed E-state index contributed by atoms with van der Waals surface area (Å²) in [4.78, 5) is 0. The normalized spacial score (nSPS) is 12.2. The molecule has 1 atom stereocenters. The molecule has 0 fully saturated rings. The third-order valence-electron chi connectivity index (χ3n) is 3.48. The number of hydrogen-bond acceptors (Lipinski definition) is 3. The third kappa shape index (κ3) is 3.86. The van der Waals surface area contributed by atoms with Gasteiger partial charge in [-0.25, -0.2) is 0 Å². The van der Waals surface area contributed by atoms with E-state index in [1.54, 1.807) is 7.11 Å². The fourth-order valence-corrected chi connectivity index (χ4v) is 3.20. The quantitative estimate of drug-likeness (QED) is 0.568. The highest BCUT2D eigenvalue weighted by atomic mass is 79.9. The molecule has 2 aromatic carbocycles. The van der Waals surface area contributed by atoms with Crippen LogP contribution in [0.4, 0.5) is 0 Å². The topological polar surface area (TPSA) is 47.3 Å². The zero-order valence-electron chi connectivity index (χ0n) is 12.0. The molecule has 1 unspecified atom stereocenters. The Kier molecular flexibility index (Phi) is 5.81. The molecule has 5 heteroatoms. The Morgan fingerprint density at radius 2 is 2.00 bits per heavy atom. The van der Waals surface area contributed by atoms with Gasteiger partial charge >= 0.3 is 0 Å². The second-order valence-electron chi connectivity index (χ2n) is 4.86. The summed E-state index contributed by atoms with van der Waals surface area (Å²) in [5, 5.41) is 0. The fraction of sp³-hybridized carbons (Fsp3) is 0.250. The van der Waals surface area contributed by atoms with Crippen LogP contribution in [0.25, 0.3) is 0 Å². The molecular weight excluding hydrogens is 396 g/mol. The van der Waals surface area contributed by atoms with Gasteiger partial charge in [-0.15, -0.1) is 0 Å². The van der Waals surface area contributed by atoms with Gasteiger partial charge in [0.05, 0.1) is 13.2 Å². The fourth-order valence-electron chi connectivity index (χ4n) is 2.25. The summed E-state index contributed by atoms with van der Waals surface area (Å²) in [6, 6.07) is 12.2. The summed E-state index contributed by atoms with van der Waals surface area (Å²) in [6.45, 7) is 2.07. The number of aryl methyl sites for hydroxylation is 1. The number of hydrazine groups is 1. The zero-order valence-corrected chi connectivity index (χ0v) is 15.2. The molecule has 0 spiro atoms. The number of methoxy groups -OCH3 is 1. The first-order valence-corrected chi connectivity index (χ1v) is 8.19. The molecule has 0 heterocycles. The van der Waals surface area contributed by atoms with Crippen LogP contribution < -0.4 is 16.0 Å². The van der Waals surface area contributed by atoms with Crippen LogP contribution in [0, 0.1) is 6.92 Å². The minimum Gasteiger partial charge on any atom is -0.497 e. The van der Waals surface area contributed by atoms with Crippen LogP contribution in [0.5, 0.6) is 5.75 Å². The molecule has 2 aromatic rings. The Bertz CT molecular complexity index is 632. The Labute approximate surface area is 142 Å². The lowest BCUT2D eigenvalue weighted by Gasteiger charge is -2.20. The summed E-state index contributed by atoms with van der Waals surface area (Å²) in [5.41, 5.74) is 6.39. The van der Waals surface area contributed by atoms with Crippen LogP contribution in [0.2, 0.25) is 0 Å². The highest BCUT2D eigenvalue weighted by Crippen LogP contribution is 2.31. The molecule has 0 aromatic heterocycles. The first-order valence-electron chi connectivity index (χ1n) is 6.60. The van der Waals surface area contributed by atoms with Gasteiger partial charge in [-0.2, -0.15) is 0 Å².